The summed E-state index contributed by atoms with van der Waals surface area (Å²) in [5, 5.41) is 19.9. The van der Waals surface area contributed by atoms with Gasteiger partial charge in [0.15, 0.2) is 0 Å². The summed E-state index contributed by atoms with van der Waals surface area (Å²) >= 11 is 0. The molecule has 4 heteroatoms. The van der Waals surface area contributed by atoms with Crippen LogP contribution in [0, 0.1) is 0 Å². The van der Waals surface area contributed by atoms with Crippen LogP contribution in [0.15, 0.2) is 48.5 Å². The maximum Gasteiger partial charge on any atom is 0.257 e. The Hall–Kier alpha value is -2.33. The fourth-order valence-corrected chi connectivity index (χ4v) is 3.59. The molecule has 25 heavy (non-hydrogen) atoms. The minimum absolute atomic E-state index is 0.0181. The molecule has 2 N–H and O–H groups in total. The van der Waals surface area contributed by atoms with Crippen molar-refractivity contribution in [3.05, 3.63) is 65.2 Å². The van der Waals surface area contributed by atoms with E-state index in [1.54, 1.807) is 24.0 Å². The van der Waals surface area contributed by atoms with E-state index in [0.29, 0.717) is 18.5 Å². The van der Waals surface area contributed by atoms with Crippen LogP contribution in [0.5, 0.6) is 5.75 Å². The number of nitrogens with zero attached hydrogens (tertiary/aromatic N) is 1. The van der Waals surface area contributed by atoms with Crippen molar-refractivity contribution in [3.8, 4) is 5.75 Å². The first-order valence-corrected chi connectivity index (χ1v) is 8.89. The largest absolute Gasteiger partial charge is 0.507 e. The van der Waals surface area contributed by atoms with Gasteiger partial charge in [-0.25, -0.2) is 0 Å². The number of amides is 1. The number of phenols is 1. The second kappa shape index (κ2) is 7.70. The number of aliphatic hydroxyl groups excluding tert-OH is 1. The van der Waals surface area contributed by atoms with E-state index < -0.39 is 6.10 Å². The minimum Gasteiger partial charge on any atom is -0.507 e. The maximum atomic E-state index is 12.9. The number of hydrogen-bond acceptors (Lipinski definition) is 3. The third-order valence-electron chi connectivity index (χ3n) is 4.79. The van der Waals surface area contributed by atoms with E-state index in [0.717, 1.165) is 24.8 Å². The summed E-state index contributed by atoms with van der Waals surface area (Å²) in [7, 11) is 0. The number of rotatable bonds is 5. The van der Waals surface area contributed by atoms with Crippen LogP contribution in [-0.2, 0) is 6.42 Å². The summed E-state index contributed by atoms with van der Waals surface area (Å²) in [5.41, 5.74) is 2.52. The molecule has 0 aliphatic carbocycles. The van der Waals surface area contributed by atoms with Crippen molar-refractivity contribution in [2.75, 3.05) is 6.54 Å². The van der Waals surface area contributed by atoms with Crippen molar-refractivity contribution < 1.29 is 15.0 Å². The highest BCUT2D eigenvalue weighted by Crippen LogP contribution is 2.28. The monoisotopic (exact) mass is 339 g/mol. The quantitative estimate of drug-likeness (QED) is 0.878. The molecular weight excluding hydrogens is 314 g/mol. The van der Waals surface area contributed by atoms with Gasteiger partial charge in [0, 0.05) is 12.6 Å². The summed E-state index contributed by atoms with van der Waals surface area (Å²) in [6.45, 7) is 2.43. The lowest BCUT2D eigenvalue weighted by Crippen LogP contribution is -2.37. The van der Waals surface area contributed by atoms with Crippen molar-refractivity contribution in [1.29, 1.82) is 0 Å². The first kappa shape index (κ1) is 17.5. The Morgan fingerprint density at radius 1 is 1.20 bits per heavy atom. The highest BCUT2D eigenvalue weighted by molar-refractivity contribution is 5.97. The molecule has 2 aromatic carbocycles. The van der Waals surface area contributed by atoms with Crippen LogP contribution in [-0.4, -0.2) is 39.7 Å². The Balaban J connectivity index is 1.81. The van der Waals surface area contributed by atoms with Gasteiger partial charge in [-0.1, -0.05) is 36.4 Å². The van der Waals surface area contributed by atoms with Crippen molar-refractivity contribution in [2.45, 2.75) is 44.8 Å². The van der Waals surface area contributed by atoms with E-state index >= 15 is 0 Å². The Morgan fingerprint density at radius 3 is 2.68 bits per heavy atom. The lowest BCUT2D eigenvalue weighted by Gasteiger charge is -2.26. The van der Waals surface area contributed by atoms with Crippen LogP contribution in [0.25, 0.3) is 0 Å². The van der Waals surface area contributed by atoms with Gasteiger partial charge in [0.05, 0.1) is 11.7 Å². The summed E-state index contributed by atoms with van der Waals surface area (Å²) in [4.78, 5) is 14.7. The first-order valence-electron chi connectivity index (χ1n) is 8.89. The molecule has 1 aliphatic rings. The number of likely N-dealkylation sites (tertiary alicyclic amines) is 1. The third-order valence-corrected chi connectivity index (χ3v) is 4.79. The van der Waals surface area contributed by atoms with Crippen molar-refractivity contribution in [1.82, 2.24) is 4.90 Å². The van der Waals surface area contributed by atoms with Gasteiger partial charge < -0.3 is 15.1 Å². The molecule has 132 valence electrons. The average molecular weight is 339 g/mol. The Morgan fingerprint density at radius 2 is 1.96 bits per heavy atom. The van der Waals surface area contributed by atoms with Crippen LogP contribution in [0.1, 0.15) is 47.7 Å². The number of aromatic hydroxyl groups is 1. The molecule has 0 spiro atoms. The summed E-state index contributed by atoms with van der Waals surface area (Å²) in [6.07, 6.45) is 2.71. The highest BCUT2D eigenvalue weighted by Gasteiger charge is 2.31. The second-order valence-corrected chi connectivity index (χ2v) is 6.89. The number of benzene rings is 2. The molecule has 1 fully saturated rings. The molecule has 0 saturated carbocycles. The van der Waals surface area contributed by atoms with E-state index in [1.165, 1.54) is 5.56 Å². The minimum atomic E-state index is -0.434. The zero-order chi connectivity index (χ0) is 17.8. The first-order chi connectivity index (χ1) is 12.0. The molecule has 1 amide bonds. The van der Waals surface area contributed by atoms with Crippen molar-refractivity contribution >= 4 is 5.91 Å². The molecule has 0 bridgehead atoms. The predicted molar refractivity (Wildman–Crippen MR) is 97.7 cm³/mol. The number of carbonyl (C=O) groups is 1. The molecule has 1 aliphatic heterocycles. The SMILES string of the molecule is CC(O)CC1CCCN1C(=O)c1cc(Cc2ccccc2)ccc1O. The molecule has 3 rings (SSSR count). The van der Waals surface area contributed by atoms with Crippen molar-refractivity contribution in [2.24, 2.45) is 0 Å². The number of phenolic OH excluding ortho intramolecular Hbond substituents is 1. The van der Waals surface area contributed by atoms with E-state index in [9.17, 15) is 15.0 Å². The smallest absolute Gasteiger partial charge is 0.257 e. The predicted octanol–water partition coefficient (Wildman–Crippen LogP) is 3.36. The standard InChI is InChI=1S/C21H25NO3/c1-15(23)12-18-8-5-11-22(18)21(25)19-14-17(9-10-20(19)24)13-16-6-3-2-4-7-16/h2-4,6-7,9-10,14-15,18,23-24H,5,8,11-13H2,1H3. The highest BCUT2D eigenvalue weighted by atomic mass is 16.3. The van der Waals surface area contributed by atoms with Gasteiger partial charge in [-0.3, -0.25) is 4.79 Å². The zero-order valence-corrected chi connectivity index (χ0v) is 14.6. The zero-order valence-electron chi connectivity index (χ0n) is 14.6. The van der Waals surface area contributed by atoms with E-state index in [4.69, 9.17) is 0 Å². The van der Waals surface area contributed by atoms with Crippen LogP contribution < -0.4 is 0 Å². The average Bonchev–Trinajstić information content (AvgIpc) is 3.04. The van der Waals surface area contributed by atoms with E-state index in [2.05, 4.69) is 0 Å². The maximum absolute atomic E-state index is 12.9. The van der Waals surface area contributed by atoms with E-state index in [-0.39, 0.29) is 17.7 Å². The van der Waals surface area contributed by atoms with Crippen LogP contribution in [0.3, 0.4) is 0 Å². The van der Waals surface area contributed by atoms with Crippen LogP contribution >= 0.6 is 0 Å². The van der Waals surface area contributed by atoms with Gasteiger partial charge >= 0.3 is 0 Å². The van der Waals surface area contributed by atoms with Crippen LogP contribution in [0.4, 0.5) is 0 Å². The topological polar surface area (TPSA) is 60.8 Å². The lowest BCUT2D eigenvalue weighted by molar-refractivity contribution is 0.0679. The van der Waals surface area contributed by atoms with E-state index in [1.807, 2.05) is 36.4 Å². The fourth-order valence-electron chi connectivity index (χ4n) is 3.59. The summed E-state index contributed by atoms with van der Waals surface area (Å²) in [6, 6.07) is 15.4. The lowest BCUT2D eigenvalue weighted by atomic mass is 10.0. The molecule has 0 radical (unpaired) electrons. The Kier molecular flexibility index (Phi) is 5.39. The van der Waals surface area contributed by atoms with Gasteiger partial charge in [0.25, 0.3) is 5.91 Å². The number of carbonyl (C=O) groups excluding carboxylic acids is 1. The Labute approximate surface area is 148 Å². The number of hydrogen-bond donors (Lipinski definition) is 2. The molecule has 4 nitrogen and oxygen atoms in total. The second-order valence-electron chi connectivity index (χ2n) is 6.89. The normalized spacial score (nSPS) is 18.3. The summed E-state index contributed by atoms with van der Waals surface area (Å²) < 4.78 is 0. The van der Waals surface area contributed by atoms with Gasteiger partial charge in [-0.05, 0) is 55.9 Å². The Bertz CT molecular complexity index is 727. The molecule has 0 aromatic heterocycles. The molecule has 1 heterocycles. The van der Waals surface area contributed by atoms with Gasteiger partial charge in [0.1, 0.15) is 5.75 Å². The molecule has 2 unspecified atom stereocenters. The third kappa shape index (κ3) is 4.20. The van der Waals surface area contributed by atoms with Crippen molar-refractivity contribution in [3.63, 3.8) is 0 Å². The molecule has 2 atom stereocenters. The molecular formula is C21H25NO3. The van der Waals surface area contributed by atoms with Gasteiger partial charge in [-0.2, -0.15) is 0 Å². The van der Waals surface area contributed by atoms with Gasteiger partial charge in [-0.15, -0.1) is 0 Å². The molecule has 1 saturated heterocycles. The van der Waals surface area contributed by atoms with Crippen LogP contribution in [0.2, 0.25) is 0 Å². The number of aliphatic hydroxyl groups is 1. The summed E-state index contributed by atoms with van der Waals surface area (Å²) in [5.74, 6) is -0.125. The van der Waals surface area contributed by atoms with Gasteiger partial charge in [0.2, 0.25) is 0 Å². The molecule has 2 aromatic rings. The fraction of sp³-hybridized carbons (Fsp3) is 0.381.